The smallest absolute Gasteiger partial charge is 0.311 e. The second-order valence-corrected chi connectivity index (χ2v) is 4.99. The number of rotatable bonds is 5. The molecule has 1 saturated heterocycles. The maximum Gasteiger partial charge on any atom is 0.311 e. The number of hydrogen-bond acceptors (Lipinski definition) is 4. The molecular weight excluding hydrogens is 276 g/mol. The predicted octanol–water partition coefficient (Wildman–Crippen LogP) is 0.327. The van der Waals surface area contributed by atoms with Gasteiger partial charge in [-0.25, -0.2) is 0 Å². The molecule has 0 aliphatic carbocycles. The maximum atomic E-state index is 12.6. The highest BCUT2D eigenvalue weighted by Gasteiger charge is 2.39. The van der Waals surface area contributed by atoms with E-state index >= 15 is 0 Å². The van der Waals surface area contributed by atoms with E-state index in [2.05, 4.69) is 4.98 Å². The fourth-order valence-corrected chi connectivity index (χ4v) is 2.49. The second kappa shape index (κ2) is 6.53. The van der Waals surface area contributed by atoms with E-state index < -0.39 is 17.9 Å². The van der Waals surface area contributed by atoms with Gasteiger partial charge in [-0.15, -0.1) is 0 Å². The summed E-state index contributed by atoms with van der Waals surface area (Å²) in [6, 6.07) is 2.23. The number of carboxylic acids is 1. The number of H-pyrrole nitrogens is 1. The van der Waals surface area contributed by atoms with Gasteiger partial charge in [0.2, 0.25) is 5.56 Å². The molecular formula is C14H18N2O5. The molecule has 1 aromatic heterocycles. The number of ether oxygens (including phenoxy) is 1. The summed E-state index contributed by atoms with van der Waals surface area (Å²) in [4.78, 5) is 39.1. The van der Waals surface area contributed by atoms with Crippen LogP contribution in [-0.2, 0) is 9.53 Å². The van der Waals surface area contributed by atoms with Crippen LogP contribution in [-0.4, -0.2) is 52.7 Å². The van der Waals surface area contributed by atoms with E-state index in [0.29, 0.717) is 13.0 Å². The van der Waals surface area contributed by atoms with Crippen LogP contribution in [0.25, 0.3) is 0 Å². The molecule has 0 aromatic carbocycles. The third-order valence-corrected chi connectivity index (χ3v) is 3.52. The van der Waals surface area contributed by atoms with Crippen LogP contribution in [0.5, 0.6) is 0 Å². The molecule has 1 fully saturated rings. The lowest BCUT2D eigenvalue weighted by Gasteiger charge is -2.30. The molecule has 0 bridgehead atoms. The molecule has 2 N–H and O–H groups in total. The quantitative estimate of drug-likeness (QED) is 0.815. The Morgan fingerprint density at radius 3 is 2.86 bits per heavy atom. The number of carbonyl (C=O) groups excluding carboxylic acids is 1. The minimum Gasteiger partial charge on any atom is -0.481 e. The molecule has 1 aliphatic heterocycles. The fraction of sp³-hybridized carbons (Fsp3) is 0.500. The monoisotopic (exact) mass is 294 g/mol. The van der Waals surface area contributed by atoms with Crippen molar-refractivity contribution in [1.29, 1.82) is 0 Å². The number of hydrogen-bond donors (Lipinski definition) is 2. The van der Waals surface area contributed by atoms with Gasteiger partial charge in [0.05, 0.1) is 19.3 Å². The van der Waals surface area contributed by atoms with Crippen molar-refractivity contribution in [3.8, 4) is 0 Å². The molecule has 1 aromatic rings. The zero-order chi connectivity index (χ0) is 15.4. The average molecular weight is 294 g/mol. The van der Waals surface area contributed by atoms with Gasteiger partial charge in [-0.3, -0.25) is 14.4 Å². The van der Waals surface area contributed by atoms with Crippen LogP contribution >= 0.6 is 0 Å². The maximum absolute atomic E-state index is 12.6. The summed E-state index contributed by atoms with van der Waals surface area (Å²) in [7, 11) is 0. The zero-order valence-electron chi connectivity index (χ0n) is 11.7. The van der Waals surface area contributed by atoms with Gasteiger partial charge in [0.1, 0.15) is 5.92 Å². The molecule has 7 heteroatoms. The van der Waals surface area contributed by atoms with E-state index in [1.165, 1.54) is 23.2 Å². The highest BCUT2D eigenvalue weighted by Crippen LogP contribution is 2.22. The second-order valence-electron chi connectivity index (χ2n) is 4.99. The van der Waals surface area contributed by atoms with Gasteiger partial charge in [0.25, 0.3) is 5.91 Å². The van der Waals surface area contributed by atoms with E-state index in [-0.39, 0.29) is 30.2 Å². The first-order chi connectivity index (χ1) is 10.0. The first-order valence-electron chi connectivity index (χ1n) is 6.85. The van der Waals surface area contributed by atoms with Crippen molar-refractivity contribution >= 4 is 11.9 Å². The molecule has 0 radical (unpaired) electrons. The lowest BCUT2D eigenvalue weighted by atomic mass is 10.0. The van der Waals surface area contributed by atoms with Crippen molar-refractivity contribution in [2.45, 2.75) is 19.4 Å². The third-order valence-electron chi connectivity index (χ3n) is 3.52. The van der Waals surface area contributed by atoms with Crippen LogP contribution in [0.2, 0.25) is 0 Å². The van der Waals surface area contributed by atoms with Crippen LogP contribution in [0.3, 0.4) is 0 Å². The summed E-state index contributed by atoms with van der Waals surface area (Å²) in [5, 5.41) is 9.22. The van der Waals surface area contributed by atoms with Crippen molar-refractivity contribution in [3.63, 3.8) is 0 Å². The highest BCUT2D eigenvalue weighted by atomic mass is 16.5. The number of carbonyl (C=O) groups is 2. The first-order valence-corrected chi connectivity index (χ1v) is 6.85. The van der Waals surface area contributed by atoms with Crippen molar-refractivity contribution < 1.29 is 19.4 Å². The Morgan fingerprint density at radius 1 is 1.48 bits per heavy atom. The van der Waals surface area contributed by atoms with Gasteiger partial charge in [0, 0.05) is 24.4 Å². The minimum atomic E-state index is -0.975. The number of aromatic amines is 1. The van der Waals surface area contributed by atoms with Crippen molar-refractivity contribution in [3.05, 3.63) is 34.2 Å². The van der Waals surface area contributed by atoms with Crippen molar-refractivity contribution in [2.24, 2.45) is 5.92 Å². The number of nitrogens with zero attached hydrogens (tertiary/aromatic N) is 1. The minimum absolute atomic E-state index is 0.100. The van der Waals surface area contributed by atoms with Crippen LogP contribution in [0, 0.1) is 5.92 Å². The van der Waals surface area contributed by atoms with Crippen molar-refractivity contribution in [2.75, 3.05) is 19.8 Å². The Balaban J connectivity index is 2.28. The number of pyridine rings is 1. The Kier molecular flexibility index (Phi) is 4.74. The largest absolute Gasteiger partial charge is 0.481 e. The molecule has 1 aliphatic rings. The van der Waals surface area contributed by atoms with E-state index in [1.54, 1.807) is 0 Å². The molecule has 2 atom stereocenters. The third kappa shape index (κ3) is 3.30. The lowest BCUT2D eigenvalue weighted by molar-refractivity contribution is -0.142. The van der Waals surface area contributed by atoms with Gasteiger partial charge in [-0.2, -0.15) is 0 Å². The van der Waals surface area contributed by atoms with E-state index in [0.717, 1.165) is 0 Å². The van der Waals surface area contributed by atoms with Crippen LogP contribution in [0.4, 0.5) is 0 Å². The molecule has 114 valence electrons. The highest BCUT2D eigenvalue weighted by molar-refractivity contribution is 5.94. The summed E-state index contributed by atoms with van der Waals surface area (Å²) in [6.07, 6.45) is 2.09. The predicted molar refractivity (Wildman–Crippen MR) is 74.1 cm³/mol. The van der Waals surface area contributed by atoms with E-state index in [1.807, 2.05) is 6.92 Å². The van der Waals surface area contributed by atoms with Crippen LogP contribution in [0.1, 0.15) is 23.7 Å². The first kappa shape index (κ1) is 15.2. The number of carboxylic acid groups (broad SMARTS) is 1. The van der Waals surface area contributed by atoms with Gasteiger partial charge >= 0.3 is 5.97 Å². The fourth-order valence-electron chi connectivity index (χ4n) is 2.49. The number of aromatic nitrogens is 1. The van der Waals surface area contributed by atoms with Gasteiger partial charge < -0.3 is 19.7 Å². The lowest BCUT2D eigenvalue weighted by Crippen LogP contribution is -2.47. The molecule has 2 rings (SSSR count). The summed E-state index contributed by atoms with van der Waals surface area (Å²) in [6.45, 7) is 2.63. The van der Waals surface area contributed by atoms with Gasteiger partial charge in [0.15, 0.2) is 0 Å². The summed E-state index contributed by atoms with van der Waals surface area (Å²) < 4.78 is 5.23. The molecule has 2 heterocycles. The van der Waals surface area contributed by atoms with Crippen molar-refractivity contribution in [1.82, 2.24) is 9.88 Å². The Bertz CT molecular complexity index is 583. The summed E-state index contributed by atoms with van der Waals surface area (Å²) in [5.41, 5.74) is -0.113. The number of amides is 1. The molecule has 7 nitrogen and oxygen atoms in total. The Hall–Kier alpha value is -2.15. The van der Waals surface area contributed by atoms with E-state index in [9.17, 15) is 19.5 Å². The molecule has 21 heavy (non-hydrogen) atoms. The molecule has 1 amide bonds. The Morgan fingerprint density at radius 2 is 2.24 bits per heavy atom. The summed E-state index contributed by atoms with van der Waals surface area (Å²) in [5.74, 6) is -2.05. The van der Waals surface area contributed by atoms with Gasteiger partial charge in [-0.1, -0.05) is 6.92 Å². The molecule has 0 saturated carbocycles. The summed E-state index contributed by atoms with van der Waals surface area (Å²) >= 11 is 0. The molecule has 0 spiro atoms. The van der Waals surface area contributed by atoms with Crippen LogP contribution < -0.4 is 5.56 Å². The van der Waals surface area contributed by atoms with E-state index in [4.69, 9.17) is 4.74 Å². The zero-order valence-corrected chi connectivity index (χ0v) is 11.7. The molecule has 2 unspecified atom stereocenters. The topological polar surface area (TPSA) is 99.7 Å². The van der Waals surface area contributed by atoms with Crippen LogP contribution in [0.15, 0.2) is 23.1 Å². The SMILES string of the molecule is CCCN(C(=O)c1cc[nH]c(=O)c1)C1COCC1C(=O)O. The van der Waals surface area contributed by atoms with Gasteiger partial charge in [-0.05, 0) is 12.5 Å². The normalized spacial score (nSPS) is 21.2. The Labute approximate surface area is 121 Å². The number of aliphatic carboxylic acids is 1. The average Bonchev–Trinajstić information content (AvgIpc) is 2.93. The standard InChI is InChI=1S/C14H18N2O5/c1-2-5-16(11-8-21-7-10(11)14(19)20)13(18)9-3-4-15-12(17)6-9/h3-4,6,10-11H,2,5,7-8H2,1H3,(H,15,17)(H,19,20). The number of nitrogens with one attached hydrogen (secondary N) is 1.